The number of aliphatic carboxylic acids is 1. The van der Waals surface area contributed by atoms with Crippen LogP contribution in [-0.2, 0) is 4.79 Å². The van der Waals surface area contributed by atoms with E-state index < -0.39 is 11.5 Å². The van der Waals surface area contributed by atoms with Gasteiger partial charge in [-0.3, -0.25) is 9.59 Å². The third kappa shape index (κ3) is 3.71. The number of carboxylic acid groups (broad SMARTS) is 1. The van der Waals surface area contributed by atoms with E-state index in [9.17, 15) is 9.59 Å². The van der Waals surface area contributed by atoms with E-state index in [4.69, 9.17) is 10.8 Å². The molecule has 0 radical (unpaired) electrons. The molecule has 104 valence electrons. The summed E-state index contributed by atoms with van der Waals surface area (Å²) in [4.78, 5) is 24.6. The molecule has 0 aliphatic rings. The summed E-state index contributed by atoms with van der Waals surface area (Å²) in [6.07, 6.45) is 0. The molecule has 1 aromatic carbocycles. The lowest BCUT2D eigenvalue weighted by Gasteiger charge is -2.34. The Bertz CT molecular complexity index is 504. The van der Waals surface area contributed by atoms with Gasteiger partial charge in [0.25, 0.3) is 5.91 Å². The zero-order chi connectivity index (χ0) is 14.8. The van der Waals surface area contributed by atoms with E-state index in [1.807, 2.05) is 6.92 Å². The van der Waals surface area contributed by atoms with Crippen molar-refractivity contribution in [2.24, 2.45) is 0 Å². The van der Waals surface area contributed by atoms with Crippen LogP contribution in [0, 0.1) is 6.92 Å². The molecule has 1 rings (SSSR count). The van der Waals surface area contributed by atoms with Gasteiger partial charge in [-0.1, -0.05) is 6.07 Å². The summed E-state index contributed by atoms with van der Waals surface area (Å²) in [7, 11) is 0. The van der Waals surface area contributed by atoms with Crippen molar-refractivity contribution in [3.05, 3.63) is 29.3 Å². The quantitative estimate of drug-likeness (QED) is 0.817. The van der Waals surface area contributed by atoms with E-state index in [2.05, 4.69) is 0 Å². The van der Waals surface area contributed by atoms with E-state index in [0.29, 0.717) is 11.3 Å². The Hall–Kier alpha value is -2.04. The first kappa shape index (κ1) is 15.0. The number of nitrogen functional groups attached to an aromatic ring is 1. The van der Waals surface area contributed by atoms with Crippen LogP contribution in [0.4, 0.5) is 5.69 Å². The van der Waals surface area contributed by atoms with Crippen LogP contribution in [0.2, 0.25) is 0 Å². The smallest absolute Gasteiger partial charge is 0.323 e. The average Bonchev–Trinajstić information content (AvgIpc) is 2.27. The van der Waals surface area contributed by atoms with Gasteiger partial charge in [0.15, 0.2) is 0 Å². The second-order valence-corrected chi connectivity index (χ2v) is 5.53. The van der Waals surface area contributed by atoms with Crippen LogP contribution in [0.3, 0.4) is 0 Å². The second-order valence-electron chi connectivity index (χ2n) is 5.53. The molecular formula is C14H20N2O3. The monoisotopic (exact) mass is 264 g/mol. The lowest BCUT2D eigenvalue weighted by atomic mass is 10.0. The Morgan fingerprint density at radius 2 is 1.89 bits per heavy atom. The normalized spacial score (nSPS) is 11.2. The zero-order valence-corrected chi connectivity index (χ0v) is 11.7. The molecule has 0 saturated carbocycles. The Balaban J connectivity index is 3.12. The summed E-state index contributed by atoms with van der Waals surface area (Å²) >= 11 is 0. The number of benzene rings is 1. The average molecular weight is 264 g/mol. The number of amides is 1. The molecule has 3 N–H and O–H groups in total. The first-order chi connectivity index (χ1) is 8.62. The van der Waals surface area contributed by atoms with Crippen molar-refractivity contribution in [2.45, 2.75) is 33.2 Å². The highest BCUT2D eigenvalue weighted by Gasteiger charge is 2.29. The summed E-state index contributed by atoms with van der Waals surface area (Å²) in [5.41, 5.74) is 7.02. The number of nitrogens with zero attached hydrogens (tertiary/aromatic N) is 1. The lowest BCUT2D eigenvalue weighted by molar-refractivity contribution is -0.138. The molecule has 0 spiro atoms. The van der Waals surface area contributed by atoms with Crippen LogP contribution in [0.1, 0.15) is 36.7 Å². The fourth-order valence-electron chi connectivity index (χ4n) is 1.68. The fraction of sp³-hybridized carbons (Fsp3) is 0.429. The minimum absolute atomic E-state index is 0.332. The van der Waals surface area contributed by atoms with E-state index in [1.165, 1.54) is 4.90 Å². The highest BCUT2D eigenvalue weighted by Crippen LogP contribution is 2.20. The van der Waals surface area contributed by atoms with Crippen molar-refractivity contribution >= 4 is 17.6 Å². The molecule has 0 aliphatic carbocycles. The Morgan fingerprint density at radius 1 is 1.32 bits per heavy atom. The Morgan fingerprint density at radius 3 is 2.32 bits per heavy atom. The van der Waals surface area contributed by atoms with Gasteiger partial charge < -0.3 is 15.7 Å². The largest absolute Gasteiger partial charge is 0.480 e. The first-order valence-corrected chi connectivity index (χ1v) is 6.03. The molecule has 1 aromatic rings. The van der Waals surface area contributed by atoms with E-state index in [-0.39, 0.29) is 12.5 Å². The number of hydrogen-bond donors (Lipinski definition) is 2. The van der Waals surface area contributed by atoms with Gasteiger partial charge in [0, 0.05) is 16.8 Å². The number of nitrogens with two attached hydrogens (primary N) is 1. The van der Waals surface area contributed by atoms with Crippen molar-refractivity contribution in [1.82, 2.24) is 4.90 Å². The van der Waals surface area contributed by atoms with Gasteiger partial charge in [0.05, 0.1) is 0 Å². The molecule has 0 aliphatic heterocycles. The Labute approximate surface area is 113 Å². The molecule has 0 heterocycles. The zero-order valence-electron chi connectivity index (χ0n) is 11.7. The summed E-state index contributed by atoms with van der Waals surface area (Å²) in [5.74, 6) is -1.37. The minimum atomic E-state index is -1.04. The number of carboxylic acids is 1. The molecule has 19 heavy (non-hydrogen) atoms. The van der Waals surface area contributed by atoms with Crippen molar-refractivity contribution in [2.75, 3.05) is 12.3 Å². The number of carbonyl (C=O) groups excluding carboxylic acids is 1. The van der Waals surface area contributed by atoms with Crippen LogP contribution in [0.25, 0.3) is 0 Å². The molecule has 5 heteroatoms. The van der Waals surface area contributed by atoms with Crippen molar-refractivity contribution < 1.29 is 14.7 Å². The first-order valence-electron chi connectivity index (χ1n) is 6.03. The van der Waals surface area contributed by atoms with Gasteiger partial charge in [0.2, 0.25) is 0 Å². The SMILES string of the molecule is Cc1ccc(C(=O)N(CC(=O)O)C(C)(C)C)cc1N. The van der Waals surface area contributed by atoms with Gasteiger partial charge in [-0.25, -0.2) is 0 Å². The maximum Gasteiger partial charge on any atom is 0.323 e. The maximum absolute atomic E-state index is 12.4. The maximum atomic E-state index is 12.4. The summed E-state index contributed by atoms with van der Waals surface area (Å²) in [6, 6.07) is 5.00. The third-order valence-electron chi connectivity index (χ3n) is 2.87. The standard InChI is InChI=1S/C14H20N2O3/c1-9-5-6-10(7-11(9)15)13(19)16(8-12(17)18)14(2,3)4/h5-7H,8,15H2,1-4H3,(H,17,18). The molecule has 1 amide bonds. The molecule has 0 bridgehead atoms. The van der Waals surface area contributed by atoms with Crippen LogP contribution in [-0.4, -0.2) is 34.0 Å². The van der Waals surface area contributed by atoms with E-state index in [1.54, 1.807) is 39.0 Å². The molecule has 0 unspecified atom stereocenters. The fourth-order valence-corrected chi connectivity index (χ4v) is 1.68. The number of anilines is 1. The van der Waals surface area contributed by atoms with Crippen LogP contribution >= 0.6 is 0 Å². The molecule has 5 nitrogen and oxygen atoms in total. The van der Waals surface area contributed by atoms with E-state index in [0.717, 1.165) is 5.56 Å². The van der Waals surface area contributed by atoms with Crippen molar-refractivity contribution in [1.29, 1.82) is 0 Å². The minimum Gasteiger partial charge on any atom is -0.480 e. The topological polar surface area (TPSA) is 83.6 Å². The molecule has 0 fully saturated rings. The number of hydrogen-bond acceptors (Lipinski definition) is 3. The van der Waals surface area contributed by atoms with Crippen molar-refractivity contribution in [3.63, 3.8) is 0 Å². The molecular weight excluding hydrogens is 244 g/mol. The molecule has 0 saturated heterocycles. The molecule has 0 atom stereocenters. The summed E-state index contributed by atoms with van der Waals surface area (Å²) < 4.78 is 0. The number of rotatable bonds is 3. The number of carbonyl (C=O) groups is 2. The predicted molar refractivity (Wildman–Crippen MR) is 74.0 cm³/mol. The third-order valence-corrected chi connectivity index (χ3v) is 2.87. The predicted octanol–water partition coefficient (Wildman–Crippen LogP) is 1.90. The summed E-state index contributed by atoms with van der Waals surface area (Å²) in [6.45, 7) is 6.90. The van der Waals surface area contributed by atoms with Gasteiger partial charge >= 0.3 is 5.97 Å². The summed E-state index contributed by atoms with van der Waals surface area (Å²) in [5, 5.41) is 8.92. The lowest BCUT2D eigenvalue weighted by Crippen LogP contribution is -2.48. The second kappa shape index (κ2) is 5.30. The van der Waals surface area contributed by atoms with Gasteiger partial charge in [-0.2, -0.15) is 0 Å². The highest BCUT2D eigenvalue weighted by atomic mass is 16.4. The van der Waals surface area contributed by atoms with Gasteiger partial charge in [-0.05, 0) is 45.4 Å². The van der Waals surface area contributed by atoms with Crippen LogP contribution in [0.15, 0.2) is 18.2 Å². The van der Waals surface area contributed by atoms with Crippen LogP contribution in [0.5, 0.6) is 0 Å². The van der Waals surface area contributed by atoms with E-state index >= 15 is 0 Å². The van der Waals surface area contributed by atoms with Crippen LogP contribution < -0.4 is 5.73 Å². The highest BCUT2D eigenvalue weighted by molar-refractivity contribution is 5.97. The Kier molecular flexibility index (Phi) is 4.19. The molecule has 0 aromatic heterocycles. The number of aryl methyl sites for hydroxylation is 1. The van der Waals surface area contributed by atoms with Gasteiger partial charge in [0.1, 0.15) is 6.54 Å². The van der Waals surface area contributed by atoms with Crippen molar-refractivity contribution in [3.8, 4) is 0 Å². The van der Waals surface area contributed by atoms with Gasteiger partial charge in [-0.15, -0.1) is 0 Å².